The topological polar surface area (TPSA) is 71.1 Å². The highest BCUT2D eigenvalue weighted by Crippen LogP contribution is 2.60. The van der Waals surface area contributed by atoms with Gasteiger partial charge in [-0.05, 0) is 5.56 Å². The van der Waals surface area contributed by atoms with E-state index in [2.05, 4.69) is 0 Å². The van der Waals surface area contributed by atoms with Crippen molar-refractivity contribution in [1.29, 1.82) is 0 Å². The maximum atomic E-state index is 12.9. The van der Waals surface area contributed by atoms with Crippen LogP contribution in [0.15, 0.2) is 60.7 Å². The fourth-order valence-corrected chi connectivity index (χ4v) is 3.67. The molecular weight excluding hydrogens is 343 g/mol. The molecule has 0 fully saturated rings. The van der Waals surface area contributed by atoms with Crippen LogP contribution in [0.1, 0.15) is 23.1 Å². The Labute approximate surface area is 147 Å². The molecule has 2 aromatic carbocycles. The molecular formula is C18H21O6P. The van der Waals surface area contributed by atoms with Crippen molar-refractivity contribution in [3.63, 3.8) is 0 Å². The third-order valence-corrected chi connectivity index (χ3v) is 5.66. The van der Waals surface area contributed by atoms with E-state index in [1.807, 2.05) is 6.07 Å². The molecule has 0 unspecified atom stereocenters. The van der Waals surface area contributed by atoms with Gasteiger partial charge in [-0.25, -0.2) is 4.79 Å². The Hall–Kier alpha value is -1.98. The first-order valence-electron chi connectivity index (χ1n) is 7.60. The SMILES string of the molecule is CO[C@H](C(=O)O[C@H](c1ccccc1)P(=O)(OC)OC)c1ccccc1. The molecule has 0 aliphatic carbocycles. The van der Waals surface area contributed by atoms with Crippen molar-refractivity contribution in [3.05, 3.63) is 71.8 Å². The molecule has 134 valence electrons. The van der Waals surface area contributed by atoms with Gasteiger partial charge in [-0.1, -0.05) is 60.7 Å². The van der Waals surface area contributed by atoms with E-state index in [0.29, 0.717) is 11.1 Å². The van der Waals surface area contributed by atoms with Gasteiger partial charge >= 0.3 is 13.6 Å². The minimum atomic E-state index is -3.71. The van der Waals surface area contributed by atoms with Gasteiger partial charge in [0.2, 0.25) is 5.85 Å². The molecule has 0 aliphatic heterocycles. The van der Waals surface area contributed by atoms with Gasteiger partial charge in [0.05, 0.1) is 0 Å². The highest BCUT2D eigenvalue weighted by Gasteiger charge is 2.40. The van der Waals surface area contributed by atoms with Crippen LogP contribution in [0.3, 0.4) is 0 Å². The minimum Gasteiger partial charge on any atom is -0.442 e. The van der Waals surface area contributed by atoms with Gasteiger partial charge in [0.25, 0.3) is 0 Å². The average molecular weight is 364 g/mol. The van der Waals surface area contributed by atoms with Crippen molar-refractivity contribution in [3.8, 4) is 0 Å². The third kappa shape index (κ3) is 4.55. The molecule has 7 heteroatoms. The molecule has 0 aromatic heterocycles. The number of esters is 1. The van der Waals surface area contributed by atoms with Crippen LogP contribution in [0.2, 0.25) is 0 Å². The summed E-state index contributed by atoms with van der Waals surface area (Å²) in [6.45, 7) is 0. The Balaban J connectivity index is 2.33. The molecule has 0 aliphatic rings. The molecule has 6 nitrogen and oxygen atoms in total. The third-order valence-electron chi connectivity index (χ3n) is 3.66. The summed E-state index contributed by atoms with van der Waals surface area (Å²) in [6.07, 6.45) is -0.949. The number of carbonyl (C=O) groups is 1. The largest absolute Gasteiger partial charge is 0.442 e. The fourth-order valence-electron chi connectivity index (χ4n) is 2.37. The number of hydrogen-bond acceptors (Lipinski definition) is 6. The van der Waals surface area contributed by atoms with Crippen molar-refractivity contribution in [1.82, 2.24) is 0 Å². The lowest BCUT2D eigenvalue weighted by molar-refractivity contribution is -0.159. The Morgan fingerprint density at radius 1 is 0.840 bits per heavy atom. The molecule has 0 heterocycles. The Bertz CT molecular complexity index is 711. The zero-order valence-corrected chi connectivity index (χ0v) is 15.2. The van der Waals surface area contributed by atoms with Gasteiger partial charge in [-0.2, -0.15) is 0 Å². The first-order valence-corrected chi connectivity index (χ1v) is 9.21. The minimum absolute atomic E-state index is 0.505. The lowest BCUT2D eigenvalue weighted by atomic mass is 10.1. The van der Waals surface area contributed by atoms with E-state index < -0.39 is 25.5 Å². The van der Waals surface area contributed by atoms with Gasteiger partial charge < -0.3 is 18.5 Å². The molecule has 2 aromatic rings. The van der Waals surface area contributed by atoms with Crippen LogP contribution >= 0.6 is 7.60 Å². The van der Waals surface area contributed by atoms with Crippen LogP contribution in [-0.4, -0.2) is 27.3 Å². The summed E-state index contributed by atoms with van der Waals surface area (Å²) in [7, 11) is 0.196. The summed E-state index contributed by atoms with van der Waals surface area (Å²) in [4.78, 5) is 12.7. The smallest absolute Gasteiger partial charge is 0.375 e. The number of methoxy groups -OCH3 is 1. The summed E-state index contributed by atoms with van der Waals surface area (Å²) in [5, 5.41) is 0. The Kier molecular flexibility index (Phi) is 6.91. The van der Waals surface area contributed by atoms with Gasteiger partial charge in [0.15, 0.2) is 6.10 Å². The number of rotatable bonds is 8. The van der Waals surface area contributed by atoms with E-state index >= 15 is 0 Å². The molecule has 0 radical (unpaired) electrons. The van der Waals surface area contributed by atoms with Crippen LogP contribution in [0.25, 0.3) is 0 Å². The van der Waals surface area contributed by atoms with Gasteiger partial charge in [0.1, 0.15) is 0 Å². The predicted octanol–water partition coefficient (Wildman–Crippen LogP) is 4.10. The number of carbonyl (C=O) groups excluding carboxylic acids is 1. The lowest BCUT2D eigenvalue weighted by Gasteiger charge is -2.26. The molecule has 0 spiro atoms. The van der Waals surface area contributed by atoms with Crippen molar-refractivity contribution in [2.24, 2.45) is 0 Å². The molecule has 25 heavy (non-hydrogen) atoms. The van der Waals surface area contributed by atoms with Crippen LogP contribution in [0.5, 0.6) is 0 Å². The molecule has 0 amide bonds. The quantitative estimate of drug-likeness (QED) is 0.519. The molecule has 2 atom stereocenters. The van der Waals surface area contributed by atoms with Crippen LogP contribution in [0.4, 0.5) is 0 Å². The molecule has 0 saturated heterocycles. The maximum absolute atomic E-state index is 12.9. The standard InChI is InChI=1S/C18H21O6P/c1-21-16(14-10-6-4-7-11-14)17(19)24-18(25(20,22-2)23-3)15-12-8-5-9-13-15/h4-13,16,18H,1-3H3/t16-,18-/m0/s1. The van der Waals surface area contributed by atoms with Crippen LogP contribution in [0, 0.1) is 0 Å². The highest BCUT2D eigenvalue weighted by molar-refractivity contribution is 7.54. The van der Waals surface area contributed by atoms with Crippen molar-refractivity contribution in [2.45, 2.75) is 11.9 Å². The predicted molar refractivity (Wildman–Crippen MR) is 93.1 cm³/mol. The zero-order valence-electron chi connectivity index (χ0n) is 14.3. The van der Waals surface area contributed by atoms with Crippen LogP contribution in [-0.2, 0) is 27.9 Å². The van der Waals surface area contributed by atoms with Crippen LogP contribution < -0.4 is 0 Å². The molecule has 2 rings (SSSR count). The van der Waals surface area contributed by atoms with E-state index in [4.69, 9.17) is 18.5 Å². The number of ether oxygens (including phenoxy) is 2. The normalized spacial score (nSPS) is 13.9. The first-order chi connectivity index (χ1) is 12.1. The van der Waals surface area contributed by atoms with Gasteiger partial charge in [-0.15, -0.1) is 0 Å². The summed E-state index contributed by atoms with van der Waals surface area (Å²) in [5.41, 5.74) is 1.14. The van der Waals surface area contributed by atoms with Gasteiger partial charge in [-0.3, -0.25) is 4.57 Å². The monoisotopic (exact) mass is 364 g/mol. The second kappa shape index (κ2) is 8.92. The van der Waals surface area contributed by atoms with E-state index in [-0.39, 0.29) is 0 Å². The Morgan fingerprint density at radius 3 is 1.76 bits per heavy atom. The summed E-state index contributed by atoms with van der Waals surface area (Å²) in [6, 6.07) is 17.6. The van der Waals surface area contributed by atoms with E-state index in [0.717, 1.165) is 0 Å². The van der Waals surface area contributed by atoms with E-state index in [1.54, 1.807) is 54.6 Å². The fraction of sp³-hybridized carbons (Fsp3) is 0.278. The van der Waals surface area contributed by atoms with Gasteiger partial charge in [0, 0.05) is 26.9 Å². The maximum Gasteiger partial charge on any atom is 0.375 e. The lowest BCUT2D eigenvalue weighted by Crippen LogP contribution is -2.21. The number of hydrogen-bond donors (Lipinski definition) is 0. The molecule has 0 bridgehead atoms. The van der Waals surface area contributed by atoms with E-state index in [1.165, 1.54) is 21.3 Å². The second-order valence-corrected chi connectivity index (χ2v) is 7.41. The van der Waals surface area contributed by atoms with Crippen molar-refractivity contribution >= 4 is 13.6 Å². The number of benzene rings is 2. The zero-order chi connectivity index (χ0) is 18.3. The van der Waals surface area contributed by atoms with Crippen molar-refractivity contribution < 1.29 is 27.9 Å². The summed E-state index contributed by atoms with van der Waals surface area (Å²) < 4.78 is 33.7. The average Bonchev–Trinajstić information content (AvgIpc) is 2.67. The van der Waals surface area contributed by atoms with E-state index in [9.17, 15) is 9.36 Å². The highest BCUT2D eigenvalue weighted by atomic mass is 31.2. The Morgan fingerprint density at radius 2 is 1.32 bits per heavy atom. The second-order valence-electron chi connectivity index (χ2n) is 5.13. The van der Waals surface area contributed by atoms with Crippen molar-refractivity contribution in [2.75, 3.05) is 21.3 Å². The summed E-state index contributed by atoms with van der Waals surface area (Å²) in [5.74, 6) is -1.88. The molecule has 0 saturated carbocycles. The first kappa shape index (κ1) is 19.3. The molecule has 0 N–H and O–H groups in total. The summed E-state index contributed by atoms with van der Waals surface area (Å²) >= 11 is 0.